The number of nitrogens with zero attached hydrogens (tertiary/aromatic N) is 1. The Kier molecular flexibility index (Phi) is 9.28. The first-order valence-electron chi connectivity index (χ1n) is 16.4. The van der Waals surface area contributed by atoms with Gasteiger partial charge in [0.2, 0.25) is 0 Å². The molecule has 3 aromatic rings. The van der Waals surface area contributed by atoms with E-state index >= 15 is 0 Å². The van der Waals surface area contributed by atoms with Crippen LogP contribution in [0.1, 0.15) is 97.3 Å². The van der Waals surface area contributed by atoms with E-state index in [1.54, 1.807) is 17.4 Å². The number of carbonyl (C=O) groups excluding carboxylic acids is 2. The van der Waals surface area contributed by atoms with Crippen molar-refractivity contribution in [2.24, 2.45) is 35.5 Å². The van der Waals surface area contributed by atoms with Crippen LogP contribution in [-0.4, -0.2) is 16.9 Å². The Balaban J connectivity index is 1.15. The number of rotatable bonds is 7. The predicted molar refractivity (Wildman–Crippen MR) is 169 cm³/mol. The minimum atomic E-state index is -0.188. The summed E-state index contributed by atoms with van der Waals surface area (Å²) in [7, 11) is 0. The summed E-state index contributed by atoms with van der Waals surface area (Å²) in [5.41, 5.74) is 1.72. The lowest BCUT2D eigenvalue weighted by atomic mass is 9.69. The molecule has 3 fully saturated rings. The van der Waals surface area contributed by atoms with Crippen LogP contribution < -0.4 is 9.47 Å². The van der Waals surface area contributed by atoms with Gasteiger partial charge in [-0.3, -0.25) is 9.59 Å². The topological polar surface area (TPSA) is 65.5 Å². The van der Waals surface area contributed by atoms with Gasteiger partial charge in [0.15, 0.2) is 0 Å². The van der Waals surface area contributed by atoms with Gasteiger partial charge in [0.1, 0.15) is 16.5 Å². The average Bonchev–Trinajstić information content (AvgIpc) is 3.46. The highest BCUT2D eigenvalue weighted by Crippen LogP contribution is 2.43. The van der Waals surface area contributed by atoms with Crippen LogP contribution in [0.4, 0.5) is 0 Å². The van der Waals surface area contributed by atoms with Crippen LogP contribution >= 0.6 is 11.3 Å². The summed E-state index contributed by atoms with van der Waals surface area (Å²) in [5, 5.41) is 0.816. The molecule has 0 unspecified atom stereocenters. The zero-order valence-electron chi connectivity index (χ0n) is 25.2. The van der Waals surface area contributed by atoms with Crippen molar-refractivity contribution >= 4 is 33.5 Å². The number of aromatic nitrogens is 1. The van der Waals surface area contributed by atoms with Gasteiger partial charge in [0, 0.05) is 11.6 Å². The Morgan fingerprint density at radius 2 is 1.31 bits per heavy atom. The van der Waals surface area contributed by atoms with E-state index in [1.165, 1.54) is 32.1 Å². The second kappa shape index (κ2) is 13.3. The van der Waals surface area contributed by atoms with Crippen molar-refractivity contribution in [1.82, 2.24) is 4.98 Å². The highest BCUT2D eigenvalue weighted by molar-refractivity contribution is 7.21. The van der Waals surface area contributed by atoms with Crippen molar-refractivity contribution in [1.29, 1.82) is 0 Å². The number of hydrogen-bond donors (Lipinski definition) is 0. The zero-order valence-corrected chi connectivity index (χ0v) is 26.0. The molecule has 0 amide bonds. The fraction of sp³-hybridized carbons (Fsp3) is 0.583. The van der Waals surface area contributed by atoms with E-state index in [9.17, 15) is 9.59 Å². The maximum Gasteiger partial charge on any atom is 0.314 e. The first kappa shape index (κ1) is 29.3. The van der Waals surface area contributed by atoms with Gasteiger partial charge < -0.3 is 9.47 Å². The first-order chi connectivity index (χ1) is 20.4. The lowest BCUT2D eigenvalue weighted by Crippen LogP contribution is -2.30. The van der Waals surface area contributed by atoms with Gasteiger partial charge >= 0.3 is 11.9 Å². The van der Waals surface area contributed by atoms with Gasteiger partial charge in [-0.15, -0.1) is 11.3 Å². The minimum absolute atomic E-state index is 0.0745. The van der Waals surface area contributed by atoms with Gasteiger partial charge in [-0.2, -0.15) is 0 Å². The molecule has 0 N–H and O–H groups in total. The normalized spacial score (nSPS) is 28.3. The molecule has 224 valence electrons. The van der Waals surface area contributed by atoms with E-state index in [1.807, 2.05) is 30.3 Å². The smallest absolute Gasteiger partial charge is 0.314 e. The van der Waals surface area contributed by atoms with Crippen molar-refractivity contribution in [2.75, 3.05) is 0 Å². The van der Waals surface area contributed by atoms with Crippen molar-refractivity contribution in [3.05, 3.63) is 42.5 Å². The van der Waals surface area contributed by atoms with Crippen molar-refractivity contribution in [3.8, 4) is 22.1 Å². The Labute approximate surface area is 254 Å². The Morgan fingerprint density at radius 3 is 1.88 bits per heavy atom. The molecule has 3 saturated carbocycles. The summed E-state index contributed by atoms with van der Waals surface area (Å²) in [4.78, 5) is 31.3. The van der Waals surface area contributed by atoms with Gasteiger partial charge in [-0.1, -0.05) is 45.2 Å². The molecule has 1 heterocycles. The molecule has 1 aromatic heterocycles. The molecule has 0 saturated heterocycles. The monoisotopic (exact) mass is 587 g/mol. The van der Waals surface area contributed by atoms with E-state index in [-0.39, 0.29) is 23.8 Å². The third-order valence-corrected chi connectivity index (χ3v) is 11.5. The van der Waals surface area contributed by atoms with Gasteiger partial charge in [-0.05, 0) is 112 Å². The lowest BCUT2D eigenvalue weighted by Gasteiger charge is -2.37. The first-order valence-corrected chi connectivity index (χ1v) is 17.2. The van der Waals surface area contributed by atoms with Crippen LogP contribution in [-0.2, 0) is 9.59 Å². The maximum absolute atomic E-state index is 13.4. The summed E-state index contributed by atoms with van der Waals surface area (Å²) >= 11 is 1.58. The second-order valence-electron chi connectivity index (χ2n) is 13.3. The Bertz CT molecular complexity index is 1340. The van der Waals surface area contributed by atoms with Gasteiger partial charge in [-0.25, -0.2) is 4.98 Å². The number of carbonyl (C=O) groups is 2. The molecule has 0 bridgehead atoms. The number of para-hydroxylation sites is 1. The number of thiazole rings is 1. The number of esters is 2. The molecule has 42 heavy (non-hydrogen) atoms. The molecule has 0 aliphatic heterocycles. The summed E-state index contributed by atoms with van der Waals surface area (Å²) in [6.07, 6.45) is 14.7. The fourth-order valence-electron chi connectivity index (χ4n) is 7.60. The van der Waals surface area contributed by atoms with Gasteiger partial charge in [0.05, 0.1) is 22.1 Å². The molecular formula is C36H45NO4S. The molecule has 5 nitrogen and oxygen atoms in total. The second-order valence-corrected chi connectivity index (χ2v) is 14.3. The van der Waals surface area contributed by atoms with Crippen LogP contribution in [0.2, 0.25) is 0 Å². The minimum Gasteiger partial charge on any atom is -0.426 e. The predicted octanol–water partition coefficient (Wildman–Crippen LogP) is 9.62. The summed E-state index contributed by atoms with van der Waals surface area (Å²) in [6, 6.07) is 13.5. The standard InChI is InChI=1S/C36H45NO4S/c1-3-24-10-14-25(15-11-24)26-16-18-28(19-17-26)36(39)41-31-21-29(34-37-32-6-4-5-7-33(32)42-34)20-30(22-31)40-35(38)27-12-8-23(2)9-13-27/h4-7,20-28H,3,8-19H2,1-2H3. The molecule has 0 spiro atoms. The summed E-state index contributed by atoms with van der Waals surface area (Å²) < 4.78 is 13.1. The van der Waals surface area contributed by atoms with E-state index in [2.05, 4.69) is 19.9 Å². The molecule has 6 heteroatoms. The summed E-state index contributed by atoms with van der Waals surface area (Å²) in [5.74, 6) is 3.51. The van der Waals surface area contributed by atoms with Crippen LogP contribution in [0, 0.1) is 35.5 Å². The van der Waals surface area contributed by atoms with E-state index in [4.69, 9.17) is 14.5 Å². The average molecular weight is 588 g/mol. The molecule has 2 aromatic carbocycles. The number of hydrogen-bond acceptors (Lipinski definition) is 6. The fourth-order valence-corrected chi connectivity index (χ4v) is 8.55. The Hall–Kier alpha value is -2.73. The molecule has 0 atom stereocenters. The summed E-state index contributed by atoms with van der Waals surface area (Å²) in [6.45, 7) is 4.56. The molecule has 3 aliphatic rings. The van der Waals surface area contributed by atoms with Gasteiger partial charge in [0.25, 0.3) is 0 Å². The number of fused-ring (bicyclic) bond motifs is 1. The van der Waals surface area contributed by atoms with Crippen molar-refractivity contribution < 1.29 is 19.1 Å². The van der Waals surface area contributed by atoms with Crippen LogP contribution in [0.3, 0.4) is 0 Å². The molecule has 3 aliphatic carbocycles. The number of benzene rings is 2. The highest BCUT2D eigenvalue weighted by atomic mass is 32.1. The third kappa shape index (κ3) is 6.90. The van der Waals surface area contributed by atoms with Crippen LogP contribution in [0.25, 0.3) is 20.8 Å². The SMILES string of the molecule is CCC1CCC(C2CCC(C(=O)Oc3cc(OC(=O)C4CCC(C)CC4)cc(-c4nc5ccccc5s4)c3)CC2)CC1. The quantitative estimate of drug-likeness (QED) is 0.203. The number of ether oxygens (including phenoxy) is 2. The molecule has 0 radical (unpaired) electrons. The van der Waals surface area contributed by atoms with Crippen molar-refractivity contribution in [3.63, 3.8) is 0 Å². The largest absolute Gasteiger partial charge is 0.426 e. The van der Waals surface area contributed by atoms with E-state index < -0.39 is 0 Å². The third-order valence-electron chi connectivity index (χ3n) is 10.4. The zero-order chi connectivity index (χ0) is 29.1. The lowest BCUT2D eigenvalue weighted by molar-refractivity contribution is -0.140. The van der Waals surface area contributed by atoms with Crippen molar-refractivity contribution in [2.45, 2.75) is 97.3 Å². The molecule has 6 rings (SSSR count). The Morgan fingerprint density at radius 1 is 0.762 bits per heavy atom. The molecular weight excluding hydrogens is 542 g/mol. The van der Waals surface area contributed by atoms with E-state index in [0.717, 1.165) is 89.9 Å². The van der Waals surface area contributed by atoms with E-state index in [0.29, 0.717) is 17.4 Å². The van der Waals surface area contributed by atoms with Crippen LogP contribution in [0.5, 0.6) is 11.5 Å². The highest BCUT2D eigenvalue weighted by Gasteiger charge is 2.34. The van der Waals surface area contributed by atoms with Crippen LogP contribution in [0.15, 0.2) is 42.5 Å². The maximum atomic E-state index is 13.4.